The van der Waals surface area contributed by atoms with Gasteiger partial charge < -0.3 is 10.1 Å². The average Bonchev–Trinajstić information content (AvgIpc) is 3.05. The molecule has 2 aromatic rings. The number of methoxy groups -OCH3 is 1. The van der Waals surface area contributed by atoms with Crippen molar-refractivity contribution in [3.63, 3.8) is 0 Å². The SMILES string of the molecule is COC1CCC(NC(=O)c2ccc3cn[nH]c3c2)C1. The zero-order valence-electron chi connectivity index (χ0n) is 10.8. The van der Waals surface area contributed by atoms with Crippen LogP contribution in [0, 0.1) is 0 Å². The number of rotatable bonds is 3. The third-order valence-electron chi connectivity index (χ3n) is 3.76. The fourth-order valence-electron chi connectivity index (χ4n) is 2.63. The zero-order valence-corrected chi connectivity index (χ0v) is 10.8. The summed E-state index contributed by atoms with van der Waals surface area (Å²) in [5.41, 5.74) is 1.55. The lowest BCUT2D eigenvalue weighted by molar-refractivity contribution is 0.0915. The molecule has 5 nitrogen and oxygen atoms in total. The molecule has 1 aromatic carbocycles. The van der Waals surface area contributed by atoms with Gasteiger partial charge in [-0.15, -0.1) is 0 Å². The Labute approximate surface area is 111 Å². The first-order valence-electron chi connectivity index (χ1n) is 6.53. The van der Waals surface area contributed by atoms with E-state index >= 15 is 0 Å². The molecule has 1 aliphatic carbocycles. The van der Waals surface area contributed by atoms with Gasteiger partial charge in [-0.05, 0) is 31.4 Å². The topological polar surface area (TPSA) is 67.0 Å². The van der Waals surface area contributed by atoms with E-state index in [1.807, 2.05) is 18.2 Å². The normalized spacial score (nSPS) is 22.8. The number of nitrogens with zero attached hydrogens (tertiary/aromatic N) is 1. The Morgan fingerprint density at radius 3 is 3.16 bits per heavy atom. The fourth-order valence-corrected chi connectivity index (χ4v) is 2.63. The number of nitrogens with one attached hydrogen (secondary N) is 2. The molecule has 1 fully saturated rings. The lowest BCUT2D eigenvalue weighted by Crippen LogP contribution is -2.33. The molecule has 1 aromatic heterocycles. The van der Waals surface area contributed by atoms with E-state index in [9.17, 15) is 4.79 Å². The van der Waals surface area contributed by atoms with Gasteiger partial charge in [-0.2, -0.15) is 5.10 Å². The molecule has 2 N–H and O–H groups in total. The van der Waals surface area contributed by atoms with Crippen molar-refractivity contribution in [3.8, 4) is 0 Å². The molecule has 5 heteroatoms. The molecular formula is C14H17N3O2. The van der Waals surface area contributed by atoms with Gasteiger partial charge in [0.1, 0.15) is 0 Å². The fraction of sp³-hybridized carbons (Fsp3) is 0.429. The summed E-state index contributed by atoms with van der Waals surface area (Å²) in [7, 11) is 1.72. The van der Waals surface area contributed by atoms with Gasteiger partial charge in [0, 0.05) is 24.1 Å². The van der Waals surface area contributed by atoms with Crippen molar-refractivity contribution in [2.75, 3.05) is 7.11 Å². The average molecular weight is 259 g/mol. The molecule has 19 heavy (non-hydrogen) atoms. The highest BCUT2D eigenvalue weighted by Crippen LogP contribution is 2.22. The predicted octanol–water partition coefficient (Wildman–Crippen LogP) is 1.86. The number of benzene rings is 1. The summed E-state index contributed by atoms with van der Waals surface area (Å²) >= 11 is 0. The van der Waals surface area contributed by atoms with E-state index in [4.69, 9.17) is 4.74 Å². The highest BCUT2D eigenvalue weighted by atomic mass is 16.5. The lowest BCUT2D eigenvalue weighted by atomic mass is 10.1. The van der Waals surface area contributed by atoms with Gasteiger partial charge in [0.15, 0.2) is 0 Å². The maximum atomic E-state index is 12.2. The number of amides is 1. The lowest BCUT2D eigenvalue weighted by Gasteiger charge is -2.13. The van der Waals surface area contributed by atoms with Gasteiger partial charge in [-0.1, -0.05) is 6.07 Å². The largest absolute Gasteiger partial charge is 0.381 e. The molecule has 100 valence electrons. The number of carbonyl (C=O) groups is 1. The Morgan fingerprint density at radius 2 is 2.37 bits per heavy atom. The minimum Gasteiger partial charge on any atom is -0.381 e. The second kappa shape index (κ2) is 5.01. The Hall–Kier alpha value is -1.88. The van der Waals surface area contributed by atoms with Crippen LogP contribution in [0.4, 0.5) is 0 Å². The van der Waals surface area contributed by atoms with Crippen LogP contribution in [0.3, 0.4) is 0 Å². The smallest absolute Gasteiger partial charge is 0.251 e. The summed E-state index contributed by atoms with van der Waals surface area (Å²) in [6.07, 6.45) is 4.92. The van der Waals surface area contributed by atoms with Crippen LogP contribution < -0.4 is 5.32 Å². The Balaban J connectivity index is 1.69. The number of H-pyrrole nitrogens is 1. The molecular weight excluding hydrogens is 242 g/mol. The van der Waals surface area contributed by atoms with Gasteiger partial charge in [0.2, 0.25) is 0 Å². The minimum atomic E-state index is -0.0294. The third-order valence-corrected chi connectivity index (χ3v) is 3.76. The van der Waals surface area contributed by atoms with Crippen LogP contribution >= 0.6 is 0 Å². The molecule has 1 saturated carbocycles. The van der Waals surface area contributed by atoms with Gasteiger partial charge in [-0.25, -0.2) is 0 Å². The highest BCUT2D eigenvalue weighted by molar-refractivity contribution is 5.97. The van der Waals surface area contributed by atoms with Gasteiger partial charge >= 0.3 is 0 Å². The molecule has 0 bridgehead atoms. The summed E-state index contributed by atoms with van der Waals surface area (Å²) in [6.45, 7) is 0. The van der Waals surface area contributed by atoms with Crippen LogP contribution in [0.2, 0.25) is 0 Å². The van der Waals surface area contributed by atoms with E-state index in [-0.39, 0.29) is 18.1 Å². The van der Waals surface area contributed by atoms with Crippen LogP contribution in [0.15, 0.2) is 24.4 Å². The maximum Gasteiger partial charge on any atom is 0.251 e. The van der Waals surface area contributed by atoms with E-state index in [0.29, 0.717) is 5.56 Å². The number of carbonyl (C=O) groups excluding carboxylic acids is 1. The monoisotopic (exact) mass is 259 g/mol. The number of hydrogen-bond donors (Lipinski definition) is 2. The van der Waals surface area contributed by atoms with Crippen LogP contribution in [0.1, 0.15) is 29.6 Å². The first-order valence-corrected chi connectivity index (χ1v) is 6.53. The number of aromatic amines is 1. The predicted molar refractivity (Wildman–Crippen MR) is 72.0 cm³/mol. The molecule has 2 unspecified atom stereocenters. The van der Waals surface area contributed by atoms with Crippen LogP contribution in [-0.2, 0) is 4.74 Å². The first-order chi connectivity index (χ1) is 9.26. The van der Waals surface area contributed by atoms with Gasteiger partial charge in [0.05, 0.1) is 17.8 Å². The molecule has 1 heterocycles. The van der Waals surface area contributed by atoms with Crippen LogP contribution in [-0.4, -0.2) is 35.4 Å². The van der Waals surface area contributed by atoms with Crippen LogP contribution in [0.5, 0.6) is 0 Å². The summed E-state index contributed by atoms with van der Waals surface area (Å²) in [6, 6.07) is 5.78. The summed E-state index contributed by atoms with van der Waals surface area (Å²) in [5.74, 6) is -0.0294. The molecule has 0 aliphatic heterocycles. The Bertz CT molecular complexity index is 593. The second-order valence-corrected chi connectivity index (χ2v) is 5.01. The molecule has 1 aliphatic rings. The van der Waals surface area contributed by atoms with Crippen molar-refractivity contribution in [3.05, 3.63) is 30.0 Å². The quantitative estimate of drug-likeness (QED) is 0.884. The van der Waals surface area contributed by atoms with E-state index in [2.05, 4.69) is 15.5 Å². The summed E-state index contributed by atoms with van der Waals surface area (Å²) in [5, 5.41) is 10.9. The van der Waals surface area contributed by atoms with Crippen molar-refractivity contribution in [2.45, 2.75) is 31.4 Å². The zero-order chi connectivity index (χ0) is 13.2. The number of aromatic nitrogens is 2. The van der Waals surface area contributed by atoms with E-state index in [1.165, 1.54) is 0 Å². The van der Waals surface area contributed by atoms with Gasteiger partial charge in [0.25, 0.3) is 5.91 Å². The van der Waals surface area contributed by atoms with Crippen molar-refractivity contribution in [2.24, 2.45) is 0 Å². The van der Waals surface area contributed by atoms with E-state index in [0.717, 1.165) is 30.2 Å². The van der Waals surface area contributed by atoms with Gasteiger partial charge in [-0.3, -0.25) is 9.89 Å². The summed E-state index contributed by atoms with van der Waals surface area (Å²) < 4.78 is 5.31. The first kappa shape index (κ1) is 12.2. The third kappa shape index (κ3) is 2.46. The van der Waals surface area contributed by atoms with Crippen molar-refractivity contribution in [1.29, 1.82) is 0 Å². The Morgan fingerprint density at radius 1 is 1.47 bits per heavy atom. The standard InChI is InChI=1S/C14H17N3O2/c1-19-12-5-4-11(7-12)16-14(18)9-2-3-10-8-15-17-13(10)6-9/h2-3,6,8,11-12H,4-5,7H2,1H3,(H,15,17)(H,16,18). The number of fused-ring (bicyclic) bond motifs is 1. The molecule has 0 spiro atoms. The molecule has 1 amide bonds. The molecule has 0 radical (unpaired) electrons. The number of ether oxygens (including phenoxy) is 1. The molecule has 0 saturated heterocycles. The number of hydrogen-bond acceptors (Lipinski definition) is 3. The van der Waals surface area contributed by atoms with E-state index < -0.39 is 0 Å². The summed E-state index contributed by atoms with van der Waals surface area (Å²) in [4.78, 5) is 12.2. The molecule has 3 rings (SSSR count). The molecule has 2 atom stereocenters. The van der Waals surface area contributed by atoms with E-state index in [1.54, 1.807) is 13.3 Å². The maximum absolute atomic E-state index is 12.2. The van der Waals surface area contributed by atoms with Crippen molar-refractivity contribution in [1.82, 2.24) is 15.5 Å². The Kier molecular flexibility index (Phi) is 3.21. The minimum absolute atomic E-state index is 0.0294. The highest BCUT2D eigenvalue weighted by Gasteiger charge is 2.25. The van der Waals surface area contributed by atoms with Crippen LogP contribution in [0.25, 0.3) is 10.9 Å². The van der Waals surface area contributed by atoms with Crippen molar-refractivity contribution >= 4 is 16.8 Å². The van der Waals surface area contributed by atoms with Crippen molar-refractivity contribution < 1.29 is 9.53 Å². The second-order valence-electron chi connectivity index (χ2n) is 5.01.